The summed E-state index contributed by atoms with van der Waals surface area (Å²) in [5.74, 6) is 0.944. The minimum Gasteiger partial charge on any atom is -0.497 e. The number of methoxy groups -OCH3 is 1. The van der Waals surface area contributed by atoms with Crippen LogP contribution >= 0.6 is 0 Å². The minimum atomic E-state index is -3.11. The number of benzene rings is 1. The van der Waals surface area contributed by atoms with Crippen LogP contribution in [0.5, 0.6) is 5.75 Å². The van der Waals surface area contributed by atoms with Gasteiger partial charge in [0, 0.05) is 6.04 Å². The highest BCUT2D eigenvalue weighted by Gasteiger charge is 2.19. The Labute approximate surface area is 109 Å². The van der Waals surface area contributed by atoms with E-state index in [4.69, 9.17) is 10.5 Å². The smallest absolute Gasteiger partial charge is 0.152 e. The highest BCUT2D eigenvalue weighted by molar-refractivity contribution is 7.91. The molecule has 0 aromatic heterocycles. The number of rotatable bonds is 6. The normalized spacial score (nSPS) is 13.6. The summed E-state index contributed by atoms with van der Waals surface area (Å²) in [5, 5.41) is 0. The summed E-state index contributed by atoms with van der Waals surface area (Å²) in [4.78, 5) is 0. The van der Waals surface area contributed by atoms with Crippen LogP contribution in [0.25, 0.3) is 0 Å². The summed E-state index contributed by atoms with van der Waals surface area (Å²) < 4.78 is 28.8. The molecule has 102 valence electrons. The van der Waals surface area contributed by atoms with Crippen LogP contribution in [0.15, 0.2) is 24.3 Å². The number of sulfone groups is 1. The second-order valence-corrected chi connectivity index (χ2v) is 7.01. The van der Waals surface area contributed by atoms with Crippen molar-refractivity contribution in [3.05, 3.63) is 29.8 Å². The quantitative estimate of drug-likeness (QED) is 0.856. The Morgan fingerprint density at radius 3 is 2.50 bits per heavy atom. The molecule has 0 spiro atoms. The van der Waals surface area contributed by atoms with E-state index in [1.165, 1.54) is 0 Å². The van der Waals surface area contributed by atoms with Crippen LogP contribution in [-0.4, -0.2) is 27.0 Å². The molecule has 2 N–H and O–H groups in total. The fraction of sp³-hybridized carbons (Fsp3) is 0.538. The van der Waals surface area contributed by atoms with Crippen LogP contribution < -0.4 is 10.5 Å². The van der Waals surface area contributed by atoms with E-state index < -0.39 is 15.9 Å². The molecule has 0 aliphatic carbocycles. The van der Waals surface area contributed by atoms with Crippen molar-refractivity contribution < 1.29 is 13.2 Å². The first-order valence-electron chi connectivity index (χ1n) is 5.94. The van der Waals surface area contributed by atoms with Gasteiger partial charge in [0.25, 0.3) is 0 Å². The van der Waals surface area contributed by atoms with Gasteiger partial charge in [0.2, 0.25) is 0 Å². The second-order valence-electron chi connectivity index (χ2n) is 4.85. The Hall–Kier alpha value is -1.07. The maximum absolute atomic E-state index is 11.9. The predicted octanol–water partition coefficient (Wildman–Crippen LogP) is 1.77. The molecule has 0 fully saturated rings. The van der Waals surface area contributed by atoms with E-state index in [1.54, 1.807) is 19.2 Å². The largest absolute Gasteiger partial charge is 0.497 e. The van der Waals surface area contributed by atoms with Crippen LogP contribution in [-0.2, 0) is 9.84 Å². The molecule has 1 unspecified atom stereocenters. The standard InChI is InChI=1S/C13H21NO3S/c1-10(2)8-18(15,16)9-13(14)11-5-4-6-12(7-11)17-3/h4-7,10,13H,8-9,14H2,1-3H3. The van der Waals surface area contributed by atoms with Gasteiger partial charge in [0.1, 0.15) is 5.75 Å². The maximum Gasteiger partial charge on any atom is 0.152 e. The molecule has 1 aromatic carbocycles. The first-order chi connectivity index (χ1) is 8.34. The first kappa shape index (κ1) is 15.0. The maximum atomic E-state index is 11.9. The highest BCUT2D eigenvalue weighted by Crippen LogP contribution is 2.19. The van der Waals surface area contributed by atoms with Crippen molar-refractivity contribution in [2.24, 2.45) is 11.7 Å². The lowest BCUT2D eigenvalue weighted by Crippen LogP contribution is -2.25. The molecule has 1 aromatic rings. The van der Waals surface area contributed by atoms with Gasteiger partial charge in [-0.2, -0.15) is 0 Å². The van der Waals surface area contributed by atoms with Gasteiger partial charge in [0.15, 0.2) is 9.84 Å². The topological polar surface area (TPSA) is 69.4 Å². The van der Waals surface area contributed by atoms with Crippen LogP contribution in [0, 0.1) is 5.92 Å². The Morgan fingerprint density at radius 2 is 1.94 bits per heavy atom. The Bertz CT molecular complexity index is 483. The lowest BCUT2D eigenvalue weighted by atomic mass is 10.1. The van der Waals surface area contributed by atoms with Gasteiger partial charge in [-0.1, -0.05) is 26.0 Å². The zero-order chi connectivity index (χ0) is 13.8. The van der Waals surface area contributed by atoms with Gasteiger partial charge in [0.05, 0.1) is 18.6 Å². The Balaban J connectivity index is 2.78. The third-order valence-electron chi connectivity index (χ3n) is 2.54. The van der Waals surface area contributed by atoms with Crippen molar-refractivity contribution in [3.8, 4) is 5.75 Å². The monoisotopic (exact) mass is 271 g/mol. The predicted molar refractivity (Wildman–Crippen MR) is 73.4 cm³/mol. The lowest BCUT2D eigenvalue weighted by Gasteiger charge is -2.14. The second kappa shape index (κ2) is 6.20. The Kier molecular flexibility index (Phi) is 5.16. The molecule has 0 amide bonds. The molecule has 0 saturated carbocycles. The zero-order valence-electron chi connectivity index (χ0n) is 11.1. The number of hydrogen-bond acceptors (Lipinski definition) is 4. The fourth-order valence-electron chi connectivity index (χ4n) is 1.82. The van der Waals surface area contributed by atoms with Crippen molar-refractivity contribution >= 4 is 9.84 Å². The van der Waals surface area contributed by atoms with Crippen molar-refractivity contribution in [1.29, 1.82) is 0 Å². The van der Waals surface area contributed by atoms with Crippen LogP contribution in [0.3, 0.4) is 0 Å². The van der Waals surface area contributed by atoms with E-state index in [9.17, 15) is 8.42 Å². The van der Waals surface area contributed by atoms with Gasteiger partial charge in [-0.05, 0) is 23.6 Å². The molecule has 1 atom stereocenters. The molecule has 0 aliphatic rings. The van der Waals surface area contributed by atoms with Crippen LogP contribution in [0.4, 0.5) is 0 Å². The summed E-state index contributed by atoms with van der Waals surface area (Å²) in [6.45, 7) is 3.77. The number of nitrogens with two attached hydrogens (primary N) is 1. The van der Waals surface area contributed by atoms with Gasteiger partial charge >= 0.3 is 0 Å². The minimum absolute atomic E-state index is 0.0294. The van der Waals surface area contributed by atoms with Crippen LogP contribution in [0.1, 0.15) is 25.5 Å². The van der Waals surface area contributed by atoms with Crippen molar-refractivity contribution in [2.75, 3.05) is 18.6 Å². The molecule has 0 radical (unpaired) electrons. The van der Waals surface area contributed by atoms with Gasteiger partial charge < -0.3 is 10.5 Å². The molecule has 4 nitrogen and oxygen atoms in total. The average Bonchev–Trinajstić information content (AvgIpc) is 2.26. The SMILES string of the molecule is COc1cccc(C(N)CS(=O)(=O)CC(C)C)c1. The van der Waals surface area contributed by atoms with Crippen molar-refractivity contribution in [2.45, 2.75) is 19.9 Å². The summed E-state index contributed by atoms with van der Waals surface area (Å²) in [7, 11) is -1.54. The third-order valence-corrected chi connectivity index (χ3v) is 4.58. The number of ether oxygens (including phenoxy) is 1. The van der Waals surface area contributed by atoms with E-state index >= 15 is 0 Å². The molecular weight excluding hydrogens is 250 g/mol. The lowest BCUT2D eigenvalue weighted by molar-refractivity contribution is 0.414. The molecular formula is C13H21NO3S. The molecule has 0 saturated heterocycles. The fourth-order valence-corrected chi connectivity index (χ4v) is 3.71. The Morgan fingerprint density at radius 1 is 1.28 bits per heavy atom. The number of hydrogen-bond donors (Lipinski definition) is 1. The summed E-state index contributed by atoms with van der Waals surface area (Å²) in [6, 6.07) is 6.69. The van der Waals surface area contributed by atoms with Gasteiger partial charge in [-0.15, -0.1) is 0 Å². The zero-order valence-corrected chi connectivity index (χ0v) is 11.9. The van der Waals surface area contributed by atoms with Gasteiger partial charge in [-0.25, -0.2) is 8.42 Å². The van der Waals surface area contributed by atoms with E-state index in [1.807, 2.05) is 26.0 Å². The first-order valence-corrected chi connectivity index (χ1v) is 7.76. The van der Waals surface area contributed by atoms with E-state index in [0.29, 0.717) is 5.75 Å². The van der Waals surface area contributed by atoms with E-state index in [2.05, 4.69) is 0 Å². The summed E-state index contributed by atoms with van der Waals surface area (Å²) in [5.41, 5.74) is 6.73. The van der Waals surface area contributed by atoms with E-state index in [0.717, 1.165) is 5.56 Å². The van der Waals surface area contributed by atoms with Gasteiger partial charge in [-0.3, -0.25) is 0 Å². The van der Waals surface area contributed by atoms with Crippen molar-refractivity contribution in [3.63, 3.8) is 0 Å². The molecule has 0 aliphatic heterocycles. The average molecular weight is 271 g/mol. The summed E-state index contributed by atoms with van der Waals surface area (Å²) >= 11 is 0. The third kappa shape index (κ3) is 4.66. The van der Waals surface area contributed by atoms with Crippen molar-refractivity contribution in [1.82, 2.24) is 0 Å². The molecule has 1 rings (SSSR count). The molecule has 0 heterocycles. The summed E-state index contributed by atoms with van der Waals surface area (Å²) in [6.07, 6.45) is 0. The molecule has 0 bridgehead atoms. The van der Waals surface area contributed by atoms with E-state index in [-0.39, 0.29) is 17.4 Å². The molecule has 5 heteroatoms. The van der Waals surface area contributed by atoms with Crippen LogP contribution in [0.2, 0.25) is 0 Å². The highest BCUT2D eigenvalue weighted by atomic mass is 32.2. The molecule has 18 heavy (non-hydrogen) atoms.